The van der Waals surface area contributed by atoms with Crippen LogP contribution in [0.5, 0.6) is 0 Å². The molecule has 1 aliphatic heterocycles. The Kier molecular flexibility index (Phi) is 7.82. The lowest BCUT2D eigenvalue weighted by molar-refractivity contribution is -0.138. The number of carbonyl (C=O) groups is 1. The molecule has 1 N–H and O–H groups in total. The molecule has 0 atom stereocenters. The van der Waals surface area contributed by atoms with Crippen LogP contribution in [0.3, 0.4) is 0 Å². The maximum atomic E-state index is 12.5. The van der Waals surface area contributed by atoms with Crippen LogP contribution in [0, 0.1) is 0 Å². The third-order valence-corrected chi connectivity index (χ3v) is 6.02. The Hall–Kier alpha value is -2.70. The van der Waals surface area contributed by atoms with Crippen LogP contribution in [0.2, 0.25) is 5.02 Å². The quantitative estimate of drug-likeness (QED) is 0.490. The summed E-state index contributed by atoms with van der Waals surface area (Å²) in [4.78, 5) is 19.9. The molecule has 5 nitrogen and oxygen atoms in total. The number of aliphatic imine (C=N–C) groups is 1. The van der Waals surface area contributed by atoms with Crippen LogP contribution < -0.4 is 4.90 Å². The number of anilines is 1. The number of carbonyl (C=O) groups excluding carboxylic acids is 1. The lowest BCUT2D eigenvalue weighted by Crippen LogP contribution is -2.21. The van der Waals surface area contributed by atoms with Gasteiger partial charge in [-0.3, -0.25) is 0 Å². The van der Waals surface area contributed by atoms with E-state index in [1.54, 1.807) is 31.2 Å². The van der Waals surface area contributed by atoms with Gasteiger partial charge in [-0.15, -0.1) is 0 Å². The summed E-state index contributed by atoms with van der Waals surface area (Å²) in [5.41, 5.74) is 2.77. The number of thioether (sulfide) groups is 1. The summed E-state index contributed by atoms with van der Waals surface area (Å²) in [5.74, 6) is -0.718. The van der Waals surface area contributed by atoms with E-state index in [1.165, 1.54) is 11.8 Å². The summed E-state index contributed by atoms with van der Waals surface area (Å²) in [5, 5.41) is 11.8. The molecule has 7 heteroatoms. The molecular formula is C24H25ClN2O3S. The van der Waals surface area contributed by atoms with Crippen LogP contribution in [-0.2, 0) is 9.53 Å². The number of hydrogen-bond donors (Lipinski definition) is 1. The van der Waals surface area contributed by atoms with Crippen molar-refractivity contribution in [1.82, 2.24) is 0 Å². The highest BCUT2D eigenvalue weighted by Gasteiger charge is 2.33. The lowest BCUT2D eigenvalue weighted by Gasteiger charge is -2.20. The third kappa shape index (κ3) is 5.51. The number of esters is 1. The molecule has 1 heterocycles. The van der Waals surface area contributed by atoms with Gasteiger partial charge in [0, 0.05) is 23.8 Å². The van der Waals surface area contributed by atoms with Gasteiger partial charge in [0.25, 0.3) is 0 Å². The molecule has 31 heavy (non-hydrogen) atoms. The molecule has 0 unspecified atom stereocenters. The zero-order valence-corrected chi connectivity index (χ0v) is 19.3. The summed E-state index contributed by atoms with van der Waals surface area (Å²) in [6.07, 6.45) is 1.84. The zero-order chi connectivity index (χ0) is 22.4. The minimum absolute atomic E-state index is 0.0767. The predicted octanol–water partition coefficient (Wildman–Crippen LogP) is 6.38. The number of rotatable bonds is 7. The Morgan fingerprint density at radius 1 is 1.10 bits per heavy atom. The molecule has 0 bridgehead atoms. The Morgan fingerprint density at radius 2 is 1.74 bits per heavy atom. The van der Waals surface area contributed by atoms with Crippen LogP contribution in [-0.4, -0.2) is 35.8 Å². The molecule has 2 aromatic carbocycles. The van der Waals surface area contributed by atoms with Gasteiger partial charge in [0.1, 0.15) is 16.4 Å². The fourth-order valence-corrected chi connectivity index (χ4v) is 4.31. The largest absolute Gasteiger partial charge is 0.506 e. The maximum absolute atomic E-state index is 12.5. The SMILES string of the molecule is CCOC(=O)C1=C(O)C(=Cc2ccc(N(CC)CC)cc2)SC1=Nc1ccc(Cl)cc1. The van der Waals surface area contributed by atoms with Gasteiger partial charge >= 0.3 is 5.97 Å². The number of aliphatic hydroxyl groups is 1. The first-order valence-corrected chi connectivity index (χ1v) is 11.4. The first kappa shape index (κ1) is 23.0. The molecule has 3 rings (SSSR count). The number of halogens is 1. The fraction of sp³-hybridized carbons (Fsp3) is 0.250. The topological polar surface area (TPSA) is 62.1 Å². The van der Waals surface area contributed by atoms with Crippen molar-refractivity contribution in [1.29, 1.82) is 0 Å². The molecule has 0 saturated carbocycles. The minimum atomic E-state index is -0.597. The second-order valence-corrected chi connectivity index (χ2v) is 8.18. The van der Waals surface area contributed by atoms with E-state index in [1.807, 2.05) is 18.2 Å². The summed E-state index contributed by atoms with van der Waals surface area (Å²) in [7, 11) is 0. The van der Waals surface area contributed by atoms with Crippen LogP contribution in [0.1, 0.15) is 26.3 Å². The first-order chi connectivity index (χ1) is 15.0. The fourth-order valence-electron chi connectivity index (χ4n) is 3.15. The standard InChI is InChI=1S/C24H25ClN2O3S/c1-4-27(5-2)19-13-7-16(8-14-19)15-20-22(28)21(24(29)30-6-3)23(31-20)26-18-11-9-17(25)10-12-18/h7-15,28H,4-6H2,1-3H3. The molecule has 0 radical (unpaired) electrons. The number of ether oxygens (including phenoxy) is 1. The average molecular weight is 457 g/mol. The maximum Gasteiger partial charge on any atom is 0.344 e. The molecule has 0 aliphatic carbocycles. The van der Waals surface area contributed by atoms with E-state index >= 15 is 0 Å². The molecule has 0 aromatic heterocycles. The Bertz CT molecular complexity index is 1020. The molecule has 0 amide bonds. The summed E-state index contributed by atoms with van der Waals surface area (Å²) in [6, 6.07) is 15.0. The number of nitrogens with zero attached hydrogens (tertiary/aromatic N) is 2. The van der Waals surface area contributed by atoms with Gasteiger partial charge in [0.05, 0.1) is 17.2 Å². The number of hydrogen-bond acceptors (Lipinski definition) is 6. The van der Waals surface area contributed by atoms with Crippen molar-refractivity contribution in [2.24, 2.45) is 4.99 Å². The van der Waals surface area contributed by atoms with Gasteiger partial charge in [-0.2, -0.15) is 0 Å². The molecule has 162 valence electrons. The zero-order valence-electron chi connectivity index (χ0n) is 17.8. The van der Waals surface area contributed by atoms with Crippen molar-refractivity contribution < 1.29 is 14.6 Å². The van der Waals surface area contributed by atoms with Gasteiger partial charge in [-0.05, 0) is 68.8 Å². The molecular weight excluding hydrogens is 432 g/mol. The number of aliphatic hydroxyl groups excluding tert-OH is 1. The van der Waals surface area contributed by atoms with Crippen LogP contribution in [0.4, 0.5) is 11.4 Å². The van der Waals surface area contributed by atoms with E-state index in [4.69, 9.17) is 16.3 Å². The normalized spacial score (nSPS) is 16.3. The summed E-state index contributed by atoms with van der Waals surface area (Å²) < 4.78 is 5.14. The van der Waals surface area contributed by atoms with E-state index in [9.17, 15) is 9.90 Å². The average Bonchev–Trinajstić information content (AvgIpc) is 3.06. The smallest absolute Gasteiger partial charge is 0.344 e. The minimum Gasteiger partial charge on any atom is -0.506 e. The number of benzene rings is 2. The summed E-state index contributed by atoms with van der Waals surface area (Å²) >= 11 is 7.18. The van der Waals surface area contributed by atoms with Crippen molar-refractivity contribution in [3.63, 3.8) is 0 Å². The Morgan fingerprint density at radius 3 is 2.32 bits per heavy atom. The molecule has 2 aromatic rings. The highest BCUT2D eigenvalue weighted by atomic mass is 35.5. The monoisotopic (exact) mass is 456 g/mol. The lowest BCUT2D eigenvalue weighted by atomic mass is 10.1. The highest BCUT2D eigenvalue weighted by Crippen LogP contribution is 2.40. The molecule has 0 spiro atoms. The van der Waals surface area contributed by atoms with Crippen LogP contribution >= 0.6 is 23.4 Å². The molecule has 0 fully saturated rings. The van der Waals surface area contributed by atoms with Crippen molar-refractivity contribution >= 4 is 51.8 Å². The molecule has 0 saturated heterocycles. The van der Waals surface area contributed by atoms with Crippen molar-refractivity contribution in [2.75, 3.05) is 24.6 Å². The third-order valence-electron chi connectivity index (χ3n) is 4.75. The van der Waals surface area contributed by atoms with Crippen molar-refractivity contribution in [3.05, 3.63) is 75.4 Å². The van der Waals surface area contributed by atoms with E-state index in [-0.39, 0.29) is 17.9 Å². The summed E-state index contributed by atoms with van der Waals surface area (Å²) in [6.45, 7) is 8.04. The Labute approximate surface area is 192 Å². The Balaban J connectivity index is 1.95. The van der Waals surface area contributed by atoms with Gasteiger partial charge in [-0.25, -0.2) is 9.79 Å². The van der Waals surface area contributed by atoms with E-state index in [0.717, 1.165) is 24.3 Å². The second-order valence-electron chi connectivity index (χ2n) is 6.71. The van der Waals surface area contributed by atoms with Gasteiger partial charge in [0.15, 0.2) is 0 Å². The second kappa shape index (κ2) is 10.6. The van der Waals surface area contributed by atoms with Gasteiger partial charge in [-0.1, -0.05) is 35.5 Å². The van der Waals surface area contributed by atoms with Gasteiger partial charge in [0.2, 0.25) is 0 Å². The van der Waals surface area contributed by atoms with E-state index < -0.39 is 5.97 Å². The first-order valence-electron chi connectivity index (χ1n) is 10.2. The van der Waals surface area contributed by atoms with Gasteiger partial charge < -0.3 is 14.7 Å². The van der Waals surface area contributed by atoms with Crippen LogP contribution in [0.15, 0.2) is 69.8 Å². The predicted molar refractivity (Wildman–Crippen MR) is 130 cm³/mol. The van der Waals surface area contributed by atoms with Crippen molar-refractivity contribution in [3.8, 4) is 0 Å². The highest BCUT2D eigenvalue weighted by molar-refractivity contribution is 8.18. The van der Waals surface area contributed by atoms with Crippen LogP contribution in [0.25, 0.3) is 6.08 Å². The molecule has 1 aliphatic rings. The van der Waals surface area contributed by atoms with E-state index in [2.05, 4.69) is 35.9 Å². The van der Waals surface area contributed by atoms with E-state index in [0.29, 0.717) is 20.7 Å². The van der Waals surface area contributed by atoms with Crippen molar-refractivity contribution in [2.45, 2.75) is 20.8 Å².